The number of rotatable bonds is 8. The van der Waals surface area contributed by atoms with Crippen LogP contribution in [0.3, 0.4) is 0 Å². The second kappa shape index (κ2) is 13.0. The number of aryl methyl sites for hydroxylation is 1. The van der Waals surface area contributed by atoms with E-state index in [9.17, 15) is 9.59 Å². The molecule has 1 aliphatic rings. The number of carbonyl (C=O) groups excluding carboxylic acids is 1. The molecule has 2 rings (SSSR count). The van der Waals surface area contributed by atoms with E-state index < -0.39 is 0 Å². The second-order valence-electron chi connectivity index (χ2n) is 7.18. The molecule has 1 fully saturated rings. The summed E-state index contributed by atoms with van der Waals surface area (Å²) >= 11 is 0. The minimum atomic E-state index is -0.177. The third-order valence-electron chi connectivity index (χ3n) is 4.53. The van der Waals surface area contributed by atoms with Gasteiger partial charge in [-0.15, -0.1) is 24.8 Å². The van der Waals surface area contributed by atoms with Crippen molar-refractivity contribution in [1.29, 1.82) is 0 Å². The van der Waals surface area contributed by atoms with Gasteiger partial charge >= 0.3 is 0 Å². The molecule has 1 unspecified atom stereocenters. The van der Waals surface area contributed by atoms with Crippen molar-refractivity contribution in [1.82, 2.24) is 15.3 Å². The second-order valence-corrected chi connectivity index (χ2v) is 7.18. The molecule has 0 spiro atoms. The molecule has 0 saturated carbocycles. The molecule has 2 heterocycles. The number of hydrogen-bond donors (Lipinski definition) is 3. The zero-order chi connectivity index (χ0) is 19.1. The van der Waals surface area contributed by atoms with Crippen molar-refractivity contribution in [2.24, 2.45) is 11.7 Å². The molecule has 8 nitrogen and oxygen atoms in total. The molecule has 1 aromatic heterocycles. The molecule has 1 amide bonds. The number of nitrogens with one attached hydrogen (secondary N) is 2. The van der Waals surface area contributed by atoms with E-state index in [1.165, 1.54) is 0 Å². The number of hydrogen-bond acceptors (Lipinski definition) is 6. The minimum Gasteiger partial charge on any atom is -0.378 e. The first-order valence-corrected chi connectivity index (χ1v) is 9.32. The fourth-order valence-electron chi connectivity index (χ4n) is 3.14. The lowest BCUT2D eigenvalue weighted by Gasteiger charge is -2.27. The molecule has 28 heavy (non-hydrogen) atoms. The van der Waals surface area contributed by atoms with Crippen molar-refractivity contribution in [3.63, 3.8) is 0 Å². The molecule has 4 N–H and O–H groups in total. The molecule has 0 aromatic carbocycles. The van der Waals surface area contributed by atoms with E-state index in [2.05, 4.69) is 29.1 Å². The fraction of sp³-hybridized carbons (Fsp3) is 0.722. The number of anilines is 1. The van der Waals surface area contributed by atoms with Crippen molar-refractivity contribution < 1.29 is 9.53 Å². The van der Waals surface area contributed by atoms with Crippen LogP contribution in [0.4, 0.5) is 5.95 Å². The van der Waals surface area contributed by atoms with Gasteiger partial charge in [0.2, 0.25) is 11.9 Å². The number of aromatic amines is 1. The van der Waals surface area contributed by atoms with Crippen LogP contribution >= 0.6 is 24.8 Å². The maximum Gasteiger partial charge on any atom is 0.255 e. The normalized spacial score (nSPS) is 14.8. The molecular formula is C18H33Cl2N5O3. The first-order valence-electron chi connectivity index (χ1n) is 9.32. The highest BCUT2D eigenvalue weighted by Gasteiger charge is 2.17. The van der Waals surface area contributed by atoms with Crippen LogP contribution in [-0.4, -0.2) is 54.8 Å². The van der Waals surface area contributed by atoms with Crippen LogP contribution in [0, 0.1) is 12.8 Å². The summed E-state index contributed by atoms with van der Waals surface area (Å²) in [5.74, 6) is 0.951. The average Bonchev–Trinajstić information content (AvgIpc) is 2.60. The first kappa shape index (κ1) is 26.6. The molecule has 0 aliphatic carbocycles. The van der Waals surface area contributed by atoms with Gasteiger partial charge in [-0.05, 0) is 25.7 Å². The summed E-state index contributed by atoms with van der Waals surface area (Å²) in [6.07, 6.45) is 1.46. The smallest absolute Gasteiger partial charge is 0.255 e. The minimum absolute atomic E-state index is 0. The number of H-pyrrole nitrogens is 1. The number of nitrogens with zero attached hydrogens (tertiary/aromatic N) is 2. The molecular weight excluding hydrogens is 405 g/mol. The van der Waals surface area contributed by atoms with Crippen molar-refractivity contribution >= 4 is 36.7 Å². The van der Waals surface area contributed by atoms with Gasteiger partial charge in [0.25, 0.3) is 5.56 Å². The summed E-state index contributed by atoms with van der Waals surface area (Å²) in [4.78, 5) is 34.0. The van der Waals surface area contributed by atoms with Gasteiger partial charge in [0.15, 0.2) is 0 Å². The zero-order valence-electron chi connectivity index (χ0n) is 16.8. The Kier molecular flexibility index (Phi) is 12.4. The third-order valence-corrected chi connectivity index (χ3v) is 4.53. The van der Waals surface area contributed by atoms with Crippen molar-refractivity contribution in [3.8, 4) is 0 Å². The maximum absolute atomic E-state index is 12.4. The zero-order valence-corrected chi connectivity index (χ0v) is 18.5. The number of aromatic nitrogens is 2. The molecule has 10 heteroatoms. The Labute approximate surface area is 178 Å². The first-order chi connectivity index (χ1) is 12.4. The van der Waals surface area contributed by atoms with Gasteiger partial charge in [0.05, 0.1) is 13.2 Å². The summed E-state index contributed by atoms with van der Waals surface area (Å²) in [7, 11) is 0. The molecule has 1 saturated heterocycles. The van der Waals surface area contributed by atoms with E-state index in [0.717, 1.165) is 6.42 Å². The van der Waals surface area contributed by atoms with Gasteiger partial charge in [-0.3, -0.25) is 14.6 Å². The molecule has 1 aromatic rings. The molecule has 1 atom stereocenters. The van der Waals surface area contributed by atoms with E-state index >= 15 is 0 Å². The number of amides is 1. The monoisotopic (exact) mass is 437 g/mol. The van der Waals surface area contributed by atoms with Crippen molar-refractivity contribution in [2.45, 2.75) is 46.1 Å². The Balaban J connectivity index is 0.00000364. The van der Waals surface area contributed by atoms with Gasteiger partial charge in [0, 0.05) is 43.4 Å². The molecule has 162 valence electrons. The predicted octanol–water partition coefficient (Wildman–Crippen LogP) is 1.18. The van der Waals surface area contributed by atoms with E-state index in [4.69, 9.17) is 10.5 Å². The van der Waals surface area contributed by atoms with E-state index in [-0.39, 0.29) is 48.7 Å². The van der Waals surface area contributed by atoms with E-state index in [1.807, 2.05) is 11.8 Å². The van der Waals surface area contributed by atoms with Crippen LogP contribution in [0.2, 0.25) is 0 Å². The summed E-state index contributed by atoms with van der Waals surface area (Å²) in [6, 6.07) is -0.0243. The van der Waals surface area contributed by atoms with E-state index in [0.29, 0.717) is 62.4 Å². The highest BCUT2D eigenvalue weighted by atomic mass is 35.5. The fourth-order valence-corrected chi connectivity index (χ4v) is 3.14. The Hall–Kier alpha value is -1.35. The number of ether oxygens (including phenoxy) is 1. The van der Waals surface area contributed by atoms with Gasteiger partial charge in [0.1, 0.15) is 0 Å². The Bertz CT molecular complexity index is 663. The molecule has 0 radical (unpaired) electrons. The Morgan fingerprint density at radius 3 is 2.50 bits per heavy atom. The van der Waals surface area contributed by atoms with Crippen LogP contribution in [0.15, 0.2) is 4.79 Å². The van der Waals surface area contributed by atoms with Crippen LogP contribution < -0.4 is 21.5 Å². The average molecular weight is 438 g/mol. The predicted molar refractivity (Wildman–Crippen MR) is 116 cm³/mol. The third kappa shape index (κ3) is 7.95. The standard InChI is InChI=1S/C18H31N5O3.2ClH/c1-12(2)10-14(11-19)21-16(24)5-4-15-13(3)20-18(22-17(15)25)23-6-8-26-9-7-23;;/h12,14H,4-11,19H2,1-3H3,(H,21,24)(H,20,22,25);2*1H. The van der Waals surface area contributed by atoms with Gasteiger partial charge < -0.3 is 20.7 Å². The van der Waals surface area contributed by atoms with Crippen molar-refractivity contribution in [3.05, 3.63) is 21.6 Å². The lowest BCUT2D eigenvalue weighted by Crippen LogP contribution is -2.41. The molecule has 1 aliphatic heterocycles. The summed E-state index contributed by atoms with van der Waals surface area (Å²) in [5, 5.41) is 2.95. The lowest BCUT2D eigenvalue weighted by molar-refractivity contribution is -0.121. The largest absolute Gasteiger partial charge is 0.378 e. The maximum atomic E-state index is 12.4. The van der Waals surface area contributed by atoms with Crippen LogP contribution in [0.5, 0.6) is 0 Å². The van der Waals surface area contributed by atoms with E-state index in [1.54, 1.807) is 0 Å². The van der Waals surface area contributed by atoms with Crippen LogP contribution in [0.25, 0.3) is 0 Å². The number of nitrogens with two attached hydrogens (primary N) is 1. The van der Waals surface area contributed by atoms with Crippen LogP contribution in [-0.2, 0) is 16.0 Å². The molecule has 0 bridgehead atoms. The highest BCUT2D eigenvalue weighted by Crippen LogP contribution is 2.11. The number of carbonyl (C=O) groups is 1. The Morgan fingerprint density at radius 1 is 1.32 bits per heavy atom. The number of morpholine rings is 1. The van der Waals surface area contributed by atoms with Gasteiger partial charge in [-0.1, -0.05) is 13.8 Å². The van der Waals surface area contributed by atoms with Gasteiger partial charge in [-0.2, -0.15) is 0 Å². The lowest BCUT2D eigenvalue weighted by atomic mass is 10.0. The highest BCUT2D eigenvalue weighted by molar-refractivity contribution is 5.85. The number of halogens is 2. The summed E-state index contributed by atoms with van der Waals surface area (Å²) < 4.78 is 5.32. The Morgan fingerprint density at radius 2 is 1.96 bits per heavy atom. The van der Waals surface area contributed by atoms with Gasteiger partial charge in [-0.25, -0.2) is 4.98 Å². The van der Waals surface area contributed by atoms with Crippen LogP contribution in [0.1, 0.15) is 37.9 Å². The summed E-state index contributed by atoms with van der Waals surface area (Å²) in [5.41, 5.74) is 6.77. The quantitative estimate of drug-likeness (QED) is 0.562. The summed E-state index contributed by atoms with van der Waals surface area (Å²) in [6.45, 7) is 9.10. The van der Waals surface area contributed by atoms with Crippen molar-refractivity contribution in [2.75, 3.05) is 37.7 Å². The topological polar surface area (TPSA) is 113 Å². The SMILES string of the molecule is Cc1nc(N2CCOCC2)[nH]c(=O)c1CCC(=O)NC(CN)CC(C)C.Cl.Cl.